The van der Waals surface area contributed by atoms with Crippen molar-refractivity contribution in [1.82, 2.24) is 24.6 Å². The van der Waals surface area contributed by atoms with Crippen molar-refractivity contribution in [3.63, 3.8) is 0 Å². The molecular weight excluding hydrogens is 398 g/mol. The molecule has 5 rings (SSSR count). The van der Waals surface area contributed by atoms with Crippen molar-refractivity contribution >= 4 is 17.2 Å². The number of ether oxygens (including phenoxy) is 1. The zero-order valence-electron chi connectivity index (χ0n) is 17.0. The zero-order valence-corrected chi connectivity index (χ0v) is 17.8. The van der Waals surface area contributed by atoms with Crippen LogP contribution in [0.1, 0.15) is 22.6 Å². The lowest BCUT2D eigenvalue weighted by atomic mass is 9.83. The summed E-state index contributed by atoms with van der Waals surface area (Å²) < 4.78 is 8.16. The molecule has 5 heterocycles. The van der Waals surface area contributed by atoms with Gasteiger partial charge >= 0.3 is 0 Å². The third kappa shape index (κ3) is 3.55. The van der Waals surface area contributed by atoms with Gasteiger partial charge in [0.05, 0.1) is 12.8 Å². The van der Waals surface area contributed by atoms with E-state index < -0.39 is 5.60 Å². The van der Waals surface area contributed by atoms with Gasteiger partial charge in [0.25, 0.3) is 5.91 Å². The SMILES string of the molecule is Cn1cc(CN2CC(c3cccnc3)C3(C2)OCCN(Cc2ccsc2)C3=O)cn1. The van der Waals surface area contributed by atoms with Crippen molar-refractivity contribution in [3.05, 3.63) is 70.4 Å². The van der Waals surface area contributed by atoms with Gasteiger partial charge in [-0.1, -0.05) is 6.07 Å². The van der Waals surface area contributed by atoms with Crippen LogP contribution >= 0.6 is 11.3 Å². The summed E-state index contributed by atoms with van der Waals surface area (Å²) in [6.45, 7) is 3.87. The summed E-state index contributed by atoms with van der Waals surface area (Å²) in [5.74, 6) is 0.0307. The van der Waals surface area contributed by atoms with Crippen molar-refractivity contribution in [1.29, 1.82) is 0 Å². The van der Waals surface area contributed by atoms with E-state index in [0.717, 1.165) is 24.2 Å². The molecule has 2 aliphatic rings. The molecule has 2 unspecified atom stereocenters. The molecule has 2 fully saturated rings. The lowest BCUT2D eigenvalue weighted by Crippen LogP contribution is -2.59. The molecule has 0 N–H and O–H groups in total. The Balaban J connectivity index is 1.45. The largest absolute Gasteiger partial charge is 0.361 e. The van der Waals surface area contributed by atoms with Crippen molar-refractivity contribution < 1.29 is 9.53 Å². The lowest BCUT2D eigenvalue weighted by Gasteiger charge is -2.42. The summed E-state index contributed by atoms with van der Waals surface area (Å²) in [6.07, 6.45) is 7.55. The first kappa shape index (κ1) is 19.4. The van der Waals surface area contributed by atoms with Crippen molar-refractivity contribution in [2.75, 3.05) is 26.2 Å². The summed E-state index contributed by atoms with van der Waals surface area (Å²) >= 11 is 1.66. The Bertz CT molecular complexity index is 1010. The van der Waals surface area contributed by atoms with Gasteiger partial charge in [-0.15, -0.1) is 0 Å². The molecule has 2 atom stereocenters. The average Bonchev–Trinajstić information content (AvgIpc) is 3.48. The standard InChI is InChI=1S/C22H25N5O2S/c1-25-11-18(9-24-25)12-26-14-20(19-3-2-5-23-10-19)22(16-26)21(28)27(6-7-29-22)13-17-4-8-30-15-17/h2-5,8-11,15,20H,6-7,12-14,16H2,1H3. The van der Waals surface area contributed by atoms with Crippen LogP contribution in [0, 0.1) is 0 Å². The maximum Gasteiger partial charge on any atom is 0.257 e. The van der Waals surface area contributed by atoms with Gasteiger partial charge in [0.15, 0.2) is 5.60 Å². The van der Waals surface area contributed by atoms with Crippen molar-refractivity contribution in [2.24, 2.45) is 7.05 Å². The number of amides is 1. The maximum absolute atomic E-state index is 13.8. The van der Waals surface area contributed by atoms with Gasteiger partial charge in [-0.05, 0) is 34.0 Å². The van der Waals surface area contributed by atoms with Gasteiger partial charge in [0.1, 0.15) is 0 Å². The second-order valence-electron chi connectivity index (χ2n) is 8.13. The Morgan fingerprint density at radius 2 is 2.20 bits per heavy atom. The maximum atomic E-state index is 13.8. The Hall–Kier alpha value is -2.55. The molecule has 7 nitrogen and oxygen atoms in total. The molecule has 0 aliphatic carbocycles. The number of aryl methyl sites for hydroxylation is 1. The number of carbonyl (C=O) groups excluding carboxylic acids is 1. The molecule has 0 bridgehead atoms. The van der Waals surface area contributed by atoms with E-state index in [1.807, 2.05) is 41.3 Å². The van der Waals surface area contributed by atoms with Crippen LogP contribution in [-0.4, -0.2) is 62.3 Å². The van der Waals surface area contributed by atoms with Crippen LogP contribution in [0.5, 0.6) is 0 Å². The number of thiophene rings is 1. The topological polar surface area (TPSA) is 63.5 Å². The predicted molar refractivity (Wildman–Crippen MR) is 114 cm³/mol. The number of aromatic nitrogens is 3. The molecule has 3 aromatic heterocycles. The molecule has 1 spiro atoms. The van der Waals surface area contributed by atoms with Gasteiger partial charge in [0.2, 0.25) is 0 Å². The molecule has 30 heavy (non-hydrogen) atoms. The fraction of sp³-hybridized carbons (Fsp3) is 0.409. The van der Waals surface area contributed by atoms with Crippen LogP contribution in [0.4, 0.5) is 0 Å². The number of morpholine rings is 1. The molecule has 8 heteroatoms. The molecule has 2 saturated heterocycles. The monoisotopic (exact) mass is 423 g/mol. The number of carbonyl (C=O) groups is 1. The normalized spacial score (nSPS) is 24.8. The van der Waals surface area contributed by atoms with E-state index >= 15 is 0 Å². The number of pyridine rings is 1. The molecule has 0 aromatic carbocycles. The smallest absolute Gasteiger partial charge is 0.257 e. The lowest BCUT2D eigenvalue weighted by molar-refractivity contribution is -0.173. The zero-order chi connectivity index (χ0) is 20.6. The highest BCUT2D eigenvalue weighted by atomic mass is 32.1. The Kier molecular flexibility index (Phi) is 5.14. The van der Waals surface area contributed by atoms with Gasteiger partial charge in [0, 0.05) is 69.8 Å². The summed E-state index contributed by atoms with van der Waals surface area (Å²) in [5, 5.41) is 8.45. The fourth-order valence-corrected chi connectivity index (χ4v) is 5.35. The van der Waals surface area contributed by atoms with E-state index in [4.69, 9.17) is 4.74 Å². The Morgan fingerprint density at radius 1 is 1.27 bits per heavy atom. The average molecular weight is 424 g/mol. The van der Waals surface area contributed by atoms with E-state index in [1.165, 1.54) is 5.56 Å². The minimum absolute atomic E-state index is 0.0550. The van der Waals surface area contributed by atoms with Crippen LogP contribution in [0.3, 0.4) is 0 Å². The number of hydrogen-bond donors (Lipinski definition) is 0. The van der Waals surface area contributed by atoms with Gasteiger partial charge in [-0.25, -0.2) is 0 Å². The van der Waals surface area contributed by atoms with Gasteiger partial charge in [-0.3, -0.25) is 19.4 Å². The molecular formula is C22H25N5O2S. The molecule has 3 aromatic rings. The van der Waals surface area contributed by atoms with Crippen LogP contribution in [0.25, 0.3) is 0 Å². The first-order valence-corrected chi connectivity index (χ1v) is 11.1. The quantitative estimate of drug-likeness (QED) is 0.630. The third-order valence-electron chi connectivity index (χ3n) is 6.04. The van der Waals surface area contributed by atoms with E-state index in [2.05, 4.69) is 37.9 Å². The summed E-state index contributed by atoms with van der Waals surface area (Å²) in [6, 6.07) is 6.08. The van der Waals surface area contributed by atoms with E-state index in [0.29, 0.717) is 26.2 Å². The van der Waals surface area contributed by atoms with Gasteiger partial charge in [-0.2, -0.15) is 16.4 Å². The third-order valence-corrected chi connectivity index (χ3v) is 6.77. The van der Waals surface area contributed by atoms with Gasteiger partial charge < -0.3 is 9.64 Å². The minimum atomic E-state index is -0.875. The first-order valence-electron chi connectivity index (χ1n) is 10.2. The van der Waals surface area contributed by atoms with Crippen LogP contribution in [0.2, 0.25) is 0 Å². The highest BCUT2D eigenvalue weighted by Crippen LogP contribution is 2.42. The number of nitrogens with zero attached hydrogens (tertiary/aromatic N) is 5. The van der Waals surface area contributed by atoms with E-state index in [-0.39, 0.29) is 11.8 Å². The second kappa shape index (κ2) is 7.94. The van der Waals surface area contributed by atoms with Crippen molar-refractivity contribution in [3.8, 4) is 0 Å². The predicted octanol–water partition coefficient (Wildman–Crippen LogP) is 2.27. The van der Waals surface area contributed by atoms with Crippen LogP contribution < -0.4 is 0 Å². The van der Waals surface area contributed by atoms with Crippen molar-refractivity contribution in [2.45, 2.75) is 24.6 Å². The summed E-state index contributed by atoms with van der Waals surface area (Å²) in [5.41, 5.74) is 2.49. The number of hydrogen-bond acceptors (Lipinski definition) is 6. The molecule has 0 radical (unpaired) electrons. The van der Waals surface area contributed by atoms with E-state index in [9.17, 15) is 4.79 Å². The fourth-order valence-electron chi connectivity index (χ4n) is 4.69. The first-order chi connectivity index (χ1) is 14.6. The summed E-state index contributed by atoms with van der Waals surface area (Å²) in [4.78, 5) is 22.4. The second-order valence-corrected chi connectivity index (χ2v) is 8.91. The summed E-state index contributed by atoms with van der Waals surface area (Å²) in [7, 11) is 1.92. The number of likely N-dealkylation sites (tertiary alicyclic amines) is 1. The molecule has 156 valence electrons. The Labute approximate surface area is 179 Å². The number of rotatable bonds is 5. The highest BCUT2D eigenvalue weighted by molar-refractivity contribution is 7.07. The molecule has 2 aliphatic heterocycles. The molecule has 1 amide bonds. The van der Waals surface area contributed by atoms with Crippen LogP contribution in [0.15, 0.2) is 53.7 Å². The highest BCUT2D eigenvalue weighted by Gasteiger charge is 2.57. The van der Waals surface area contributed by atoms with E-state index in [1.54, 1.807) is 17.5 Å². The minimum Gasteiger partial charge on any atom is -0.361 e. The molecule has 0 saturated carbocycles. The Morgan fingerprint density at radius 3 is 2.93 bits per heavy atom. The van der Waals surface area contributed by atoms with Crippen LogP contribution in [-0.2, 0) is 29.7 Å².